The fourth-order valence-corrected chi connectivity index (χ4v) is 4.33. The molecule has 4 aromatic rings. The number of hydrogen-bond donors (Lipinski definition) is 0. The minimum Gasteiger partial charge on any atom is -0.491 e. The Hall–Kier alpha value is -2.66. The molecule has 0 unspecified atom stereocenters. The summed E-state index contributed by atoms with van der Waals surface area (Å²) in [6.07, 6.45) is 0. The van der Waals surface area contributed by atoms with Crippen molar-refractivity contribution < 1.29 is 4.74 Å². The largest absolute Gasteiger partial charge is 0.491 e. The van der Waals surface area contributed by atoms with E-state index in [-0.39, 0.29) is 5.56 Å². The van der Waals surface area contributed by atoms with Crippen LogP contribution in [0.3, 0.4) is 0 Å². The number of thiophene rings is 1. The molecular formula is C21H20N2O2S. The first-order chi connectivity index (χ1) is 12.6. The summed E-state index contributed by atoms with van der Waals surface area (Å²) in [7, 11) is 0. The van der Waals surface area contributed by atoms with Gasteiger partial charge in [-0.15, -0.1) is 11.3 Å². The molecule has 0 bridgehead atoms. The van der Waals surface area contributed by atoms with Gasteiger partial charge in [-0.1, -0.05) is 36.4 Å². The van der Waals surface area contributed by atoms with Crippen molar-refractivity contribution in [2.45, 2.75) is 27.3 Å². The average molecular weight is 364 g/mol. The van der Waals surface area contributed by atoms with Crippen LogP contribution in [-0.4, -0.2) is 16.2 Å². The van der Waals surface area contributed by atoms with E-state index in [1.54, 1.807) is 15.9 Å². The van der Waals surface area contributed by atoms with Gasteiger partial charge in [-0.25, -0.2) is 4.98 Å². The molecule has 132 valence electrons. The summed E-state index contributed by atoms with van der Waals surface area (Å²) in [5.74, 6) is 1.57. The van der Waals surface area contributed by atoms with Gasteiger partial charge in [-0.3, -0.25) is 9.36 Å². The van der Waals surface area contributed by atoms with Crippen LogP contribution in [0.15, 0.2) is 47.3 Å². The van der Waals surface area contributed by atoms with Crippen LogP contribution in [0.5, 0.6) is 5.75 Å². The summed E-state index contributed by atoms with van der Waals surface area (Å²) in [5.41, 5.74) is 1.06. The van der Waals surface area contributed by atoms with E-state index in [0.717, 1.165) is 43.0 Å². The molecule has 4 nitrogen and oxygen atoms in total. The van der Waals surface area contributed by atoms with E-state index in [2.05, 4.69) is 17.1 Å². The van der Waals surface area contributed by atoms with Gasteiger partial charge in [0.2, 0.25) is 0 Å². The molecule has 0 aliphatic heterocycles. The molecule has 0 radical (unpaired) electrons. The van der Waals surface area contributed by atoms with Gasteiger partial charge in [-0.2, -0.15) is 0 Å². The van der Waals surface area contributed by atoms with Gasteiger partial charge in [-0.05, 0) is 37.8 Å². The maximum absolute atomic E-state index is 12.9. The van der Waals surface area contributed by atoms with E-state index in [1.807, 2.05) is 51.1 Å². The molecule has 0 spiro atoms. The third-order valence-corrected chi connectivity index (χ3v) is 5.90. The fourth-order valence-electron chi connectivity index (χ4n) is 3.26. The van der Waals surface area contributed by atoms with E-state index >= 15 is 0 Å². The Morgan fingerprint density at radius 1 is 1.08 bits per heavy atom. The first-order valence-corrected chi connectivity index (χ1v) is 9.45. The highest BCUT2D eigenvalue weighted by molar-refractivity contribution is 7.18. The van der Waals surface area contributed by atoms with Crippen LogP contribution in [0.25, 0.3) is 21.0 Å². The Labute approximate surface area is 155 Å². The summed E-state index contributed by atoms with van der Waals surface area (Å²) in [6.45, 7) is 6.80. The highest BCUT2D eigenvalue weighted by Crippen LogP contribution is 2.27. The lowest BCUT2D eigenvalue weighted by atomic mass is 10.1. The van der Waals surface area contributed by atoms with Crippen molar-refractivity contribution in [2.75, 3.05) is 6.61 Å². The van der Waals surface area contributed by atoms with E-state index < -0.39 is 0 Å². The second-order valence-corrected chi connectivity index (χ2v) is 7.61. The average Bonchev–Trinajstić information content (AvgIpc) is 2.92. The van der Waals surface area contributed by atoms with Crippen molar-refractivity contribution >= 4 is 32.3 Å². The summed E-state index contributed by atoms with van der Waals surface area (Å²) in [4.78, 5) is 19.5. The monoisotopic (exact) mass is 364 g/mol. The predicted molar refractivity (Wildman–Crippen MR) is 108 cm³/mol. The molecule has 0 aliphatic carbocycles. The second-order valence-electron chi connectivity index (χ2n) is 6.40. The lowest BCUT2D eigenvalue weighted by molar-refractivity contribution is 0.298. The molecule has 2 aromatic heterocycles. The van der Waals surface area contributed by atoms with Gasteiger partial charge in [0.25, 0.3) is 5.56 Å². The van der Waals surface area contributed by atoms with Crippen molar-refractivity contribution in [1.29, 1.82) is 0 Å². The smallest absolute Gasteiger partial charge is 0.262 e. The van der Waals surface area contributed by atoms with Crippen molar-refractivity contribution in [3.8, 4) is 5.75 Å². The molecular weight excluding hydrogens is 344 g/mol. The minimum atomic E-state index is 0.0240. The van der Waals surface area contributed by atoms with Crippen LogP contribution >= 0.6 is 11.3 Å². The maximum Gasteiger partial charge on any atom is 0.262 e. The zero-order chi connectivity index (χ0) is 18.3. The van der Waals surface area contributed by atoms with E-state index in [1.165, 1.54) is 0 Å². The molecule has 0 amide bonds. The van der Waals surface area contributed by atoms with Gasteiger partial charge in [0.15, 0.2) is 0 Å². The first kappa shape index (κ1) is 16.8. The van der Waals surface area contributed by atoms with Crippen LogP contribution in [0, 0.1) is 20.8 Å². The van der Waals surface area contributed by atoms with Crippen molar-refractivity contribution in [1.82, 2.24) is 9.55 Å². The van der Waals surface area contributed by atoms with Gasteiger partial charge in [0, 0.05) is 10.3 Å². The molecule has 0 saturated carbocycles. The van der Waals surface area contributed by atoms with Gasteiger partial charge >= 0.3 is 0 Å². The standard InChI is InChI=1S/C21H20N2O2S/c1-13-14(2)26-20-19(13)21(24)23(15(3)22-20)11-12-25-18-10-6-8-16-7-4-5-9-17(16)18/h4-10H,11-12H2,1-3H3. The van der Waals surface area contributed by atoms with Gasteiger partial charge in [0.05, 0.1) is 11.9 Å². The lowest BCUT2D eigenvalue weighted by Crippen LogP contribution is -2.26. The Morgan fingerprint density at radius 3 is 2.69 bits per heavy atom. The Kier molecular flexibility index (Phi) is 4.24. The molecule has 0 saturated heterocycles. The van der Waals surface area contributed by atoms with Crippen molar-refractivity contribution in [3.63, 3.8) is 0 Å². The van der Waals surface area contributed by atoms with E-state index in [4.69, 9.17) is 4.74 Å². The molecule has 2 heterocycles. The quantitative estimate of drug-likeness (QED) is 0.531. The van der Waals surface area contributed by atoms with Gasteiger partial charge < -0.3 is 4.74 Å². The van der Waals surface area contributed by atoms with E-state index in [0.29, 0.717) is 13.2 Å². The number of aryl methyl sites for hydroxylation is 3. The number of nitrogens with zero attached hydrogens (tertiary/aromatic N) is 2. The SMILES string of the molecule is Cc1sc2nc(C)n(CCOc3cccc4ccccc34)c(=O)c2c1C. The molecule has 26 heavy (non-hydrogen) atoms. The molecule has 4 rings (SSSR count). The summed E-state index contributed by atoms with van der Waals surface area (Å²) in [5, 5.41) is 2.96. The van der Waals surface area contributed by atoms with E-state index in [9.17, 15) is 4.79 Å². The van der Waals surface area contributed by atoms with Crippen LogP contribution in [0.2, 0.25) is 0 Å². The maximum atomic E-state index is 12.9. The second kappa shape index (κ2) is 6.57. The first-order valence-electron chi connectivity index (χ1n) is 8.64. The zero-order valence-electron chi connectivity index (χ0n) is 15.1. The van der Waals surface area contributed by atoms with Crippen LogP contribution in [0.1, 0.15) is 16.3 Å². The summed E-state index contributed by atoms with van der Waals surface area (Å²) >= 11 is 1.58. The molecule has 0 aliphatic rings. The minimum absolute atomic E-state index is 0.0240. The number of aromatic nitrogens is 2. The number of hydrogen-bond acceptors (Lipinski definition) is 4. The fraction of sp³-hybridized carbons (Fsp3) is 0.238. The number of fused-ring (bicyclic) bond motifs is 2. The normalized spacial score (nSPS) is 11.3. The molecule has 2 aromatic carbocycles. The third-order valence-electron chi connectivity index (χ3n) is 4.80. The number of ether oxygens (including phenoxy) is 1. The number of benzene rings is 2. The summed E-state index contributed by atoms with van der Waals surface area (Å²) in [6, 6.07) is 14.1. The zero-order valence-corrected chi connectivity index (χ0v) is 15.9. The highest BCUT2D eigenvalue weighted by Gasteiger charge is 2.14. The Morgan fingerprint density at radius 2 is 1.85 bits per heavy atom. The molecule has 0 atom stereocenters. The predicted octanol–water partition coefficient (Wildman–Crippen LogP) is 4.62. The lowest BCUT2D eigenvalue weighted by Gasteiger charge is -2.12. The molecule has 0 fully saturated rings. The highest BCUT2D eigenvalue weighted by atomic mass is 32.1. The van der Waals surface area contributed by atoms with Crippen molar-refractivity contribution in [2.24, 2.45) is 0 Å². The van der Waals surface area contributed by atoms with Gasteiger partial charge in [0.1, 0.15) is 23.0 Å². The Bertz CT molecular complexity index is 1170. The van der Waals surface area contributed by atoms with Crippen LogP contribution in [0.4, 0.5) is 0 Å². The van der Waals surface area contributed by atoms with Crippen LogP contribution < -0.4 is 10.3 Å². The van der Waals surface area contributed by atoms with Crippen LogP contribution in [-0.2, 0) is 6.54 Å². The summed E-state index contributed by atoms with van der Waals surface area (Å²) < 4.78 is 7.71. The molecule has 5 heteroatoms. The van der Waals surface area contributed by atoms with Crippen molar-refractivity contribution in [3.05, 3.63) is 69.1 Å². The molecule has 0 N–H and O–H groups in total. The Balaban J connectivity index is 1.62. The topological polar surface area (TPSA) is 44.1 Å². The number of rotatable bonds is 4. The third kappa shape index (κ3) is 2.78.